The quantitative estimate of drug-likeness (QED) is 0.512. The molecule has 2 fully saturated rings. The van der Waals surface area contributed by atoms with E-state index < -0.39 is 17.5 Å². The third kappa shape index (κ3) is 5.43. The molecule has 2 saturated heterocycles. The molecule has 0 aliphatic carbocycles. The van der Waals surface area contributed by atoms with E-state index in [9.17, 15) is 18.4 Å². The van der Waals surface area contributed by atoms with Crippen molar-refractivity contribution in [1.82, 2.24) is 25.1 Å². The first-order valence-electron chi connectivity index (χ1n) is 12.9. The van der Waals surface area contributed by atoms with Gasteiger partial charge in [0.25, 0.3) is 11.8 Å². The Hall–Kier alpha value is -3.72. The summed E-state index contributed by atoms with van der Waals surface area (Å²) in [5.41, 5.74) is 3.05. The molecule has 5 rings (SSSR count). The molecule has 198 valence electrons. The molecule has 7 nitrogen and oxygen atoms in total. The summed E-state index contributed by atoms with van der Waals surface area (Å²) in [7, 11) is 0. The van der Waals surface area contributed by atoms with E-state index in [1.165, 1.54) is 12.4 Å². The molecule has 9 heteroatoms. The maximum Gasteiger partial charge on any atom is 0.257 e. The van der Waals surface area contributed by atoms with Crippen LogP contribution in [-0.4, -0.2) is 64.3 Å². The number of benzene rings is 2. The first-order chi connectivity index (χ1) is 18.3. The van der Waals surface area contributed by atoms with Crippen molar-refractivity contribution in [2.45, 2.75) is 26.3 Å². The van der Waals surface area contributed by atoms with Gasteiger partial charge in [0.2, 0.25) is 0 Å². The Labute approximate surface area is 220 Å². The van der Waals surface area contributed by atoms with E-state index in [4.69, 9.17) is 0 Å². The first-order valence-corrected chi connectivity index (χ1v) is 12.9. The summed E-state index contributed by atoms with van der Waals surface area (Å²) in [5, 5.41) is 3.00. The SMILES string of the molecule is Cc1ncnc(C)c1C(=O)N1CC2CN(CC[C@H](NC(=O)c3ccc(F)c(F)c3)c3ccccc3)CC2C1. The van der Waals surface area contributed by atoms with Gasteiger partial charge in [0.05, 0.1) is 23.0 Å². The molecule has 2 aliphatic rings. The number of amides is 2. The second kappa shape index (κ2) is 10.9. The Bertz CT molecular complexity index is 1300. The van der Waals surface area contributed by atoms with Crippen LogP contribution >= 0.6 is 0 Å². The fourth-order valence-electron chi connectivity index (χ4n) is 5.70. The summed E-state index contributed by atoms with van der Waals surface area (Å²) in [6.07, 6.45) is 2.16. The molecule has 0 radical (unpaired) electrons. The Balaban J connectivity index is 1.20. The lowest BCUT2D eigenvalue weighted by Crippen LogP contribution is -2.36. The van der Waals surface area contributed by atoms with Crippen LogP contribution < -0.4 is 5.32 Å². The number of aromatic nitrogens is 2. The molecule has 1 N–H and O–H groups in total. The molecule has 2 aliphatic heterocycles. The minimum Gasteiger partial charge on any atom is -0.345 e. The van der Waals surface area contributed by atoms with Crippen LogP contribution in [0.3, 0.4) is 0 Å². The Morgan fingerprint density at radius 1 is 0.947 bits per heavy atom. The largest absolute Gasteiger partial charge is 0.345 e. The minimum absolute atomic E-state index is 0.00522. The number of nitrogens with zero attached hydrogens (tertiary/aromatic N) is 4. The monoisotopic (exact) mass is 519 g/mol. The van der Waals surface area contributed by atoms with Crippen molar-refractivity contribution < 1.29 is 18.4 Å². The fourth-order valence-corrected chi connectivity index (χ4v) is 5.70. The van der Waals surface area contributed by atoms with Crippen LogP contribution in [0.5, 0.6) is 0 Å². The highest BCUT2D eigenvalue weighted by molar-refractivity contribution is 5.96. The molecule has 2 aromatic carbocycles. The highest BCUT2D eigenvalue weighted by atomic mass is 19.2. The number of hydrogen-bond acceptors (Lipinski definition) is 5. The number of carbonyl (C=O) groups excluding carboxylic acids is 2. The van der Waals surface area contributed by atoms with Gasteiger partial charge in [0, 0.05) is 38.3 Å². The van der Waals surface area contributed by atoms with Crippen LogP contribution in [0.25, 0.3) is 0 Å². The van der Waals surface area contributed by atoms with Crippen LogP contribution in [0.2, 0.25) is 0 Å². The minimum atomic E-state index is -1.05. The van der Waals surface area contributed by atoms with E-state index in [1.807, 2.05) is 49.1 Å². The van der Waals surface area contributed by atoms with Gasteiger partial charge in [-0.1, -0.05) is 30.3 Å². The molecule has 2 amide bonds. The molecular formula is C29H31F2N5O2. The Morgan fingerprint density at radius 2 is 1.61 bits per heavy atom. The predicted molar refractivity (Wildman–Crippen MR) is 138 cm³/mol. The standard InChI is InChI=1S/C29H31F2N5O2/c1-18-27(19(2)33-17-32-18)29(38)36-15-22-13-35(14-23(22)16-36)11-10-26(20-6-4-3-5-7-20)34-28(37)21-8-9-24(30)25(31)12-21/h3-9,12,17,22-23,26H,10-11,13-16H2,1-2H3,(H,34,37)/t22?,23?,26-/m0/s1. The number of rotatable bonds is 7. The molecule has 0 saturated carbocycles. The molecule has 0 bridgehead atoms. The smallest absolute Gasteiger partial charge is 0.257 e. The maximum absolute atomic E-state index is 13.7. The van der Waals surface area contributed by atoms with Gasteiger partial charge in [-0.3, -0.25) is 9.59 Å². The van der Waals surface area contributed by atoms with Crippen molar-refractivity contribution in [2.75, 3.05) is 32.7 Å². The van der Waals surface area contributed by atoms with Crippen molar-refractivity contribution in [2.24, 2.45) is 11.8 Å². The van der Waals surface area contributed by atoms with Gasteiger partial charge in [0.1, 0.15) is 6.33 Å². The molecule has 38 heavy (non-hydrogen) atoms. The lowest BCUT2D eigenvalue weighted by atomic mass is 10.0. The highest BCUT2D eigenvalue weighted by Crippen LogP contribution is 2.33. The van der Waals surface area contributed by atoms with E-state index >= 15 is 0 Å². The third-order valence-electron chi connectivity index (χ3n) is 7.71. The summed E-state index contributed by atoms with van der Waals surface area (Å²) in [4.78, 5) is 38.7. The second-order valence-corrected chi connectivity index (χ2v) is 10.3. The average molecular weight is 520 g/mol. The van der Waals surface area contributed by atoms with Crippen molar-refractivity contribution in [3.8, 4) is 0 Å². The fraction of sp³-hybridized carbons (Fsp3) is 0.379. The molecule has 3 heterocycles. The molecule has 2 unspecified atom stereocenters. The van der Waals surface area contributed by atoms with Crippen molar-refractivity contribution in [3.05, 3.63) is 94.6 Å². The van der Waals surface area contributed by atoms with Gasteiger partial charge >= 0.3 is 0 Å². The van der Waals surface area contributed by atoms with Gasteiger partial charge in [0.15, 0.2) is 11.6 Å². The van der Waals surface area contributed by atoms with Gasteiger partial charge in [-0.2, -0.15) is 0 Å². The van der Waals surface area contributed by atoms with Gasteiger partial charge in [-0.05, 0) is 55.9 Å². The van der Waals surface area contributed by atoms with Crippen molar-refractivity contribution in [1.29, 1.82) is 0 Å². The lowest BCUT2D eigenvalue weighted by molar-refractivity contribution is 0.0771. The van der Waals surface area contributed by atoms with E-state index in [-0.39, 0.29) is 17.5 Å². The van der Waals surface area contributed by atoms with E-state index in [2.05, 4.69) is 20.2 Å². The summed E-state index contributed by atoms with van der Waals surface area (Å²) in [6.45, 7) is 7.64. The number of halogens is 2. The van der Waals surface area contributed by atoms with E-state index in [1.54, 1.807) is 0 Å². The normalized spacial score (nSPS) is 19.8. The summed E-state index contributed by atoms with van der Waals surface area (Å²) in [5.74, 6) is -1.67. The van der Waals surface area contributed by atoms with Crippen LogP contribution in [-0.2, 0) is 0 Å². The summed E-state index contributed by atoms with van der Waals surface area (Å²) >= 11 is 0. The number of nitrogens with one attached hydrogen (secondary N) is 1. The van der Waals surface area contributed by atoms with E-state index in [0.29, 0.717) is 48.3 Å². The lowest BCUT2D eigenvalue weighted by Gasteiger charge is -2.25. The number of aryl methyl sites for hydroxylation is 2. The summed E-state index contributed by atoms with van der Waals surface area (Å²) < 4.78 is 27.0. The zero-order valence-corrected chi connectivity index (χ0v) is 21.5. The van der Waals surface area contributed by atoms with Crippen LogP contribution in [0.1, 0.15) is 50.1 Å². The molecule has 1 aromatic heterocycles. The number of carbonyl (C=O) groups is 2. The number of likely N-dealkylation sites (tertiary alicyclic amines) is 2. The summed E-state index contributed by atoms with van der Waals surface area (Å²) in [6, 6.07) is 12.5. The molecular weight excluding hydrogens is 488 g/mol. The average Bonchev–Trinajstić information content (AvgIpc) is 3.47. The number of hydrogen-bond donors (Lipinski definition) is 1. The zero-order chi connectivity index (χ0) is 26.8. The van der Waals surface area contributed by atoms with Gasteiger partial charge in [-0.15, -0.1) is 0 Å². The Morgan fingerprint density at radius 3 is 2.24 bits per heavy atom. The van der Waals surface area contributed by atoms with Crippen LogP contribution in [0, 0.1) is 37.3 Å². The Kier molecular flexibility index (Phi) is 7.46. The molecule has 0 spiro atoms. The first kappa shape index (κ1) is 25.9. The van der Waals surface area contributed by atoms with Gasteiger partial charge in [-0.25, -0.2) is 18.7 Å². The molecule has 3 atom stereocenters. The second-order valence-electron chi connectivity index (χ2n) is 10.3. The number of fused-ring (bicyclic) bond motifs is 1. The molecule has 3 aromatic rings. The van der Waals surface area contributed by atoms with Crippen molar-refractivity contribution in [3.63, 3.8) is 0 Å². The topological polar surface area (TPSA) is 78.4 Å². The maximum atomic E-state index is 13.7. The van der Waals surface area contributed by atoms with Crippen molar-refractivity contribution >= 4 is 11.8 Å². The van der Waals surface area contributed by atoms with Crippen LogP contribution in [0.15, 0.2) is 54.9 Å². The predicted octanol–water partition coefficient (Wildman–Crippen LogP) is 3.94. The van der Waals surface area contributed by atoms with Crippen LogP contribution in [0.4, 0.5) is 8.78 Å². The zero-order valence-electron chi connectivity index (χ0n) is 21.5. The van der Waals surface area contributed by atoms with E-state index in [0.717, 1.165) is 37.3 Å². The van der Waals surface area contributed by atoms with Gasteiger partial charge < -0.3 is 15.1 Å². The highest BCUT2D eigenvalue weighted by Gasteiger charge is 2.42. The third-order valence-corrected chi connectivity index (χ3v) is 7.71.